The predicted octanol–water partition coefficient (Wildman–Crippen LogP) is 2.29. The second-order valence-corrected chi connectivity index (χ2v) is 6.75. The number of hydrogen-bond acceptors (Lipinski definition) is 5. The molecular weight excluding hydrogens is 318 g/mol. The highest BCUT2D eigenvalue weighted by Gasteiger charge is 2.28. The second kappa shape index (κ2) is 9.63. The highest BCUT2D eigenvalue weighted by atomic mass is 16.5. The van der Waals surface area contributed by atoms with E-state index in [9.17, 15) is 4.79 Å². The average Bonchev–Trinajstić information content (AvgIpc) is 2.61. The number of anilines is 1. The summed E-state index contributed by atoms with van der Waals surface area (Å²) in [6.45, 7) is 7.14. The van der Waals surface area contributed by atoms with E-state index in [-0.39, 0.29) is 18.0 Å². The third kappa shape index (κ3) is 5.34. The predicted molar refractivity (Wildman–Crippen MR) is 100 cm³/mol. The lowest BCUT2D eigenvalue weighted by atomic mass is 10.0. The third-order valence-corrected chi connectivity index (χ3v) is 4.47. The molecule has 2 rings (SSSR count). The van der Waals surface area contributed by atoms with Crippen molar-refractivity contribution < 1.29 is 14.3 Å². The molecule has 0 saturated carbocycles. The number of ether oxygens (including phenoxy) is 2. The number of carbonyl (C=O) groups is 1. The van der Waals surface area contributed by atoms with Gasteiger partial charge in [0.15, 0.2) is 0 Å². The molecule has 1 saturated heterocycles. The van der Waals surface area contributed by atoms with Crippen LogP contribution in [-0.4, -0.2) is 56.3 Å². The third-order valence-electron chi connectivity index (χ3n) is 4.47. The van der Waals surface area contributed by atoms with Crippen LogP contribution in [0.1, 0.15) is 43.5 Å². The first-order valence-electron chi connectivity index (χ1n) is 9.09. The Balaban J connectivity index is 2.13. The Morgan fingerprint density at radius 1 is 1.40 bits per heavy atom. The molecule has 1 aromatic rings. The average molecular weight is 349 g/mol. The van der Waals surface area contributed by atoms with Crippen LogP contribution >= 0.6 is 0 Å². The van der Waals surface area contributed by atoms with E-state index < -0.39 is 0 Å². The van der Waals surface area contributed by atoms with Gasteiger partial charge in [-0.1, -0.05) is 0 Å². The summed E-state index contributed by atoms with van der Waals surface area (Å²) in [6.07, 6.45) is 2.91. The van der Waals surface area contributed by atoms with Gasteiger partial charge in [-0.15, -0.1) is 0 Å². The summed E-state index contributed by atoms with van der Waals surface area (Å²) < 4.78 is 10.7. The number of amides is 1. The molecule has 0 spiro atoms. The van der Waals surface area contributed by atoms with Crippen molar-refractivity contribution >= 4 is 11.6 Å². The summed E-state index contributed by atoms with van der Waals surface area (Å²) in [5.74, 6) is 0.595. The van der Waals surface area contributed by atoms with Crippen molar-refractivity contribution in [3.05, 3.63) is 23.8 Å². The van der Waals surface area contributed by atoms with E-state index in [2.05, 4.69) is 19.2 Å². The normalized spacial score (nSPS) is 17.5. The molecule has 1 heterocycles. The first-order chi connectivity index (χ1) is 12.0. The molecule has 1 aromatic carbocycles. The van der Waals surface area contributed by atoms with Gasteiger partial charge in [0, 0.05) is 44.3 Å². The van der Waals surface area contributed by atoms with Crippen LogP contribution in [0.4, 0.5) is 5.69 Å². The van der Waals surface area contributed by atoms with Gasteiger partial charge in [0.05, 0.1) is 12.3 Å². The van der Waals surface area contributed by atoms with E-state index in [0.29, 0.717) is 30.2 Å². The zero-order valence-electron chi connectivity index (χ0n) is 15.6. The maximum Gasteiger partial charge on any atom is 0.254 e. The Bertz CT molecular complexity index is 557. The molecule has 0 aromatic heterocycles. The number of carbonyl (C=O) groups excluding carboxylic acids is 1. The van der Waals surface area contributed by atoms with Gasteiger partial charge in [0.2, 0.25) is 0 Å². The Morgan fingerprint density at radius 3 is 2.84 bits per heavy atom. The number of hydrogen-bond donors (Lipinski definition) is 2. The number of rotatable bonds is 8. The highest BCUT2D eigenvalue weighted by molar-refractivity contribution is 5.95. The quantitative estimate of drug-likeness (QED) is 0.556. The molecule has 140 valence electrons. The number of methoxy groups -OCH3 is 1. The van der Waals surface area contributed by atoms with Crippen molar-refractivity contribution in [2.45, 2.75) is 45.2 Å². The molecular formula is C19H31N3O3. The monoisotopic (exact) mass is 349 g/mol. The van der Waals surface area contributed by atoms with Gasteiger partial charge in [-0.3, -0.25) is 4.79 Å². The van der Waals surface area contributed by atoms with E-state index in [1.165, 1.54) is 0 Å². The van der Waals surface area contributed by atoms with Gasteiger partial charge in [-0.2, -0.15) is 0 Å². The maximum atomic E-state index is 13.1. The van der Waals surface area contributed by atoms with Crippen molar-refractivity contribution in [2.24, 2.45) is 0 Å². The van der Waals surface area contributed by atoms with E-state index in [0.717, 1.165) is 32.4 Å². The molecule has 1 aliphatic rings. The number of nitrogens with two attached hydrogens (primary N) is 1. The van der Waals surface area contributed by atoms with Crippen LogP contribution in [0, 0.1) is 0 Å². The lowest BCUT2D eigenvalue weighted by Gasteiger charge is -2.37. The topological polar surface area (TPSA) is 76.8 Å². The minimum absolute atomic E-state index is 0.0328. The molecule has 0 bridgehead atoms. The minimum atomic E-state index is 0.0328. The van der Waals surface area contributed by atoms with Crippen molar-refractivity contribution in [3.8, 4) is 5.75 Å². The molecule has 6 heteroatoms. The summed E-state index contributed by atoms with van der Waals surface area (Å²) in [7, 11) is 1.66. The van der Waals surface area contributed by atoms with Crippen molar-refractivity contribution in [1.29, 1.82) is 0 Å². The van der Waals surface area contributed by atoms with E-state index >= 15 is 0 Å². The fourth-order valence-electron chi connectivity index (χ4n) is 3.22. The lowest BCUT2D eigenvalue weighted by Crippen LogP contribution is -2.51. The van der Waals surface area contributed by atoms with Gasteiger partial charge in [-0.25, -0.2) is 0 Å². The van der Waals surface area contributed by atoms with E-state index in [4.69, 9.17) is 15.2 Å². The molecule has 0 unspecified atom stereocenters. The number of nitrogens with zero attached hydrogens (tertiary/aromatic N) is 1. The zero-order chi connectivity index (χ0) is 18.2. The van der Waals surface area contributed by atoms with Crippen LogP contribution in [0.15, 0.2) is 18.2 Å². The fraction of sp³-hybridized carbons (Fsp3) is 0.632. The van der Waals surface area contributed by atoms with Crippen LogP contribution in [0.3, 0.4) is 0 Å². The number of nitrogens with one attached hydrogen (secondary N) is 1. The van der Waals surface area contributed by atoms with Crippen LogP contribution in [0.5, 0.6) is 5.75 Å². The number of piperidine rings is 1. The van der Waals surface area contributed by atoms with E-state index in [1.54, 1.807) is 25.3 Å². The van der Waals surface area contributed by atoms with Gasteiger partial charge in [0.25, 0.3) is 5.91 Å². The Kier molecular flexibility index (Phi) is 7.52. The van der Waals surface area contributed by atoms with Crippen LogP contribution in [0.25, 0.3) is 0 Å². The molecule has 1 aliphatic heterocycles. The van der Waals surface area contributed by atoms with Gasteiger partial charge in [0.1, 0.15) is 5.75 Å². The fourth-order valence-corrected chi connectivity index (χ4v) is 3.22. The van der Waals surface area contributed by atoms with Gasteiger partial charge < -0.3 is 25.4 Å². The molecule has 6 nitrogen and oxygen atoms in total. The summed E-state index contributed by atoms with van der Waals surface area (Å²) >= 11 is 0. The van der Waals surface area contributed by atoms with Crippen LogP contribution in [-0.2, 0) is 4.74 Å². The minimum Gasteiger partial charge on any atom is -0.491 e. The summed E-state index contributed by atoms with van der Waals surface area (Å²) in [5, 5.41) is 3.39. The van der Waals surface area contributed by atoms with E-state index in [1.807, 2.05) is 4.90 Å². The number of nitrogen functional groups attached to an aromatic ring is 1. The highest BCUT2D eigenvalue weighted by Crippen LogP contribution is 2.25. The molecule has 25 heavy (non-hydrogen) atoms. The van der Waals surface area contributed by atoms with Gasteiger partial charge >= 0.3 is 0 Å². The summed E-state index contributed by atoms with van der Waals surface area (Å²) in [5.41, 5.74) is 7.16. The molecule has 0 radical (unpaired) electrons. The zero-order valence-corrected chi connectivity index (χ0v) is 15.6. The molecule has 1 amide bonds. The summed E-state index contributed by atoms with van der Waals surface area (Å²) in [4.78, 5) is 15.1. The largest absolute Gasteiger partial charge is 0.491 e. The molecule has 1 atom stereocenters. The standard InChI is InChI=1S/C19H31N3O3/c1-14(2)22(16-6-4-9-21-13-16)19(23)15-7-8-17(20)18(12-15)25-11-5-10-24-3/h7-8,12,14,16,21H,4-6,9-11,13,20H2,1-3H3/t16-/m1/s1. The Morgan fingerprint density at radius 2 is 2.20 bits per heavy atom. The lowest BCUT2D eigenvalue weighted by molar-refractivity contribution is 0.0573. The first-order valence-corrected chi connectivity index (χ1v) is 9.09. The second-order valence-electron chi connectivity index (χ2n) is 6.75. The van der Waals surface area contributed by atoms with Gasteiger partial charge in [-0.05, 0) is 51.4 Å². The number of benzene rings is 1. The Hall–Kier alpha value is -1.79. The van der Waals surface area contributed by atoms with Crippen molar-refractivity contribution in [3.63, 3.8) is 0 Å². The van der Waals surface area contributed by atoms with Crippen LogP contribution in [0.2, 0.25) is 0 Å². The Labute approximate surface area is 150 Å². The molecule has 1 fully saturated rings. The molecule has 3 N–H and O–H groups in total. The van der Waals surface area contributed by atoms with Crippen LogP contribution < -0.4 is 15.8 Å². The smallest absolute Gasteiger partial charge is 0.254 e. The SMILES string of the molecule is COCCCOc1cc(C(=O)N(C(C)C)[C@@H]2CCCNC2)ccc1N. The summed E-state index contributed by atoms with van der Waals surface area (Å²) in [6, 6.07) is 5.66. The molecule has 0 aliphatic carbocycles. The van der Waals surface area contributed by atoms with Crippen molar-refractivity contribution in [2.75, 3.05) is 39.1 Å². The maximum absolute atomic E-state index is 13.1. The van der Waals surface area contributed by atoms with Crippen molar-refractivity contribution in [1.82, 2.24) is 10.2 Å². The first kappa shape index (κ1) is 19.5.